The molecule has 0 atom stereocenters. The molecule has 5 nitrogen and oxygen atoms in total. The van der Waals surface area contributed by atoms with E-state index in [1.807, 2.05) is 12.1 Å². The number of nitrogens with one attached hydrogen (secondary N) is 2. The lowest BCUT2D eigenvalue weighted by Crippen LogP contribution is -2.38. The van der Waals surface area contributed by atoms with Crippen LogP contribution in [-0.2, 0) is 4.79 Å². The zero-order valence-electron chi connectivity index (χ0n) is 15.1. The highest BCUT2D eigenvalue weighted by Crippen LogP contribution is 2.33. The van der Waals surface area contributed by atoms with Crippen molar-refractivity contribution in [3.05, 3.63) is 65.9 Å². The van der Waals surface area contributed by atoms with Gasteiger partial charge in [0, 0.05) is 17.1 Å². The standard InChI is InChI=1S/C22H22N4O/c23-13-17-5-1-3-7-20(17)25-22(27)15-26-11-9-16(10-12-26)19-14-24-21-8-4-2-6-18(19)21/h1-8,14,16,24H,9-12,15H2,(H,25,27). The highest BCUT2D eigenvalue weighted by Gasteiger charge is 2.24. The lowest BCUT2D eigenvalue weighted by Gasteiger charge is -2.31. The number of nitrogens with zero attached hydrogens (tertiary/aromatic N) is 2. The maximum absolute atomic E-state index is 12.4. The molecule has 2 heterocycles. The molecule has 2 aromatic carbocycles. The van der Waals surface area contributed by atoms with Gasteiger partial charge in [-0.05, 0) is 55.6 Å². The lowest BCUT2D eigenvalue weighted by atomic mass is 9.89. The van der Waals surface area contributed by atoms with Crippen molar-refractivity contribution in [3.63, 3.8) is 0 Å². The first kappa shape index (κ1) is 17.3. The quantitative estimate of drug-likeness (QED) is 0.744. The van der Waals surface area contributed by atoms with E-state index in [-0.39, 0.29) is 5.91 Å². The van der Waals surface area contributed by atoms with Gasteiger partial charge in [-0.25, -0.2) is 0 Å². The molecule has 0 spiro atoms. The number of hydrogen-bond acceptors (Lipinski definition) is 3. The molecule has 0 unspecified atom stereocenters. The molecule has 27 heavy (non-hydrogen) atoms. The van der Waals surface area contributed by atoms with Crippen LogP contribution in [0.2, 0.25) is 0 Å². The maximum Gasteiger partial charge on any atom is 0.238 e. The molecule has 1 aliphatic rings. The number of likely N-dealkylation sites (tertiary alicyclic amines) is 1. The Labute approximate surface area is 158 Å². The van der Waals surface area contributed by atoms with Gasteiger partial charge in [-0.1, -0.05) is 30.3 Å². The molecule has 0 radical (unpaired) electrons. The van der Waals surface area contributed by atoms with E-state index in [1.54, 1.807) is 18.2 Å². The van der Waals surface area contributed by atoms with Crippen molar-refractivity contribution in [3.8, 4) is 6.07 Å². The first-order valence-corrected chi connectivity index (χ1v) is 9.32. The predicted octanol–water partition coefficient (Wildman–Crippen LogP) is 3.86. The van der Waals surface area contributed by atoms with Crippen molar-refractivity contribution >= 4 is 22.5 Å². The number of amides is 1. The van der Waals surface area contributed by atoms with E-state index >= 15 is 0 Å². The maximum atomic E-state index is 12.4. The van der Waals surface area contributed by atoms with E-state index in [4.69, 9.17) is 5.26 Å². The average molecular weight is 358 g/mol. The molecule has 0 bridgehead atoms. The molecule has 1 fully saturated rings. The van der Waals surface area contributed by atoms with E-state index in [9.17, 15) is 4.79 Å². The summed E-state index contributed by atoms with van der Waals surface area (Å²) < 4.78 is 0. The molecule has 1 saturated heterocycles. The third kappa shape index (κ3) is 3.71. The van der Waals surface area contributed by atoms with Crippen molar-refractivity contribution < 1.29 is 4.79 Å². The summed E-state index contributed by atoms with van der Waals surface area (Å²) in [6.45, 7) is 2.16. The van der Waals surface area contributed by atoms with Crippen LogP contribution in [0.3, 0.4) is 0 Å². The van der Waals surface area contributed by atoms with Crippen LogP contribution in [0.4, 0.5) is 5.69 Å². The largest absolute Gasteiger partial charge is 0.361 e. The van der Waals surface area contributed by atoms with E-state index in [2.05, 4.69) is 45.7 Å². The molecular formula is C22H22N4O. The van der Waals surface area contributed by atoms with Crippen molar-refractivity contribution in [1.82, 2.24) is 9.88 Å². The summed E-state index contributed by atoms with van der Waals surface area (Å²) in [4.78, 5) is 17.9. The van der Waals surface area contributed by atoms with E-state index < -0.39 is 0 Å². The van der Waals surface area contributed by atoms with Gasteiger partial charge in [-0.15, -0.1) is 0 Å². The summed E-state index contributed by atoms with van der Waals surface area (Å²) >= 11 is 0. The zero-order chi connectivity index (χ0) is 18.6. The van der Waals surface area contributed by atoms with Crippen LogP contribution in [0.5, 0.6) is 0 Å². The van der Waals surface area contributed by atoms with Gasteiger partial charge in [0.1, 0.15) is 6.07 Å². The molecule has 1 amide bonds. The Morgan fingerprint density at radius 1 is 1.15 bits per heavy atom. The fourth-order valence-corrected chi connectivity index (χ4v) is 3.92. The Kier molecular flexibility index (Phi) is 4.91. The number of aromatic amines is 1. The molecule has 1 aromatic heterocycles. The minimum Gasteiger partial charge on any atom is -0.361 e. The number of nitriles is 1. The van der Waals surface area contributed by atoms with E-state index in [0.717, 1.165) is 25.9 Å². The SMILES string of the molecule is N#Cc1ccccc1NC(=O)CN1CCC(c2c[nH]c3ccccc23)CC1. The average Bonchev–Trinajstić information content (AvgIpc) is 3.13. The fourth-order valence-electron chi connectivity index (χ4n) is 3.92. The van der Waals surface area contributed by atoms with Crippen LogP contribution < -0.4 is 5.32 Å². The van der Waals surface area contributed by atoms with E-state index in [1.165, 1.54) is 16.5 Å². The number of aromatic nitrogens is 1. The molecule has 3 aromatic rings. The van der Waals surface area contributed by atoms with Gasteiger partial charge in [0.05, 0.1) is 17.8 Å². The number of piperidine rings is 1. The number of hydrogen-bond donors (Lipinski definition) is 2. The summed E-state index contributed by atoms with van der Waals surface area (Å²) in [5.74, 6) is 0.461. The van der Waals surface area contributed by atoms with Gasteiger partial charge in [0.2, 0.25) is 5.91 Å². The number of H-pyrrole nitrogens is 1. The summed E-state index contributed by atoms with van der Waals surface area (Å²) in [7, 11) is 0. The third-order valence-electron chi connectivity index (χ3n) is 5.34. The Morgan fingerprint density at radius 2 is 1.89 bits per heavy atom. The number of fused-ring (bicyclic) bond motifs is 1. The van der Waals surface area contributed by atoms with Crippen LogP contribution in [0, 0.1) is 11.3 Å². The Morgan fingerprint density at radius 3 is 2.70 bits per heavy atom. The molecular weight excluding hydrogens is 336 g/mol. The Bertz CT molecular complexity index is 993. The second-order valence-corrected chi connectivity index (χ2v) is 7.05. The predicted molar refractivity (Wildman–Crippen MR) is 107 cm³/mol. The van der Waals surface area contributed by atoms with E-state index in [0.29, 0.717) is 23.7 Å². The third-order valence-corrected chi connectivity index (χ3v) is 5.34. The van der Waals surface area contributed by atoms with Crippen LogP contribution in [0.15, 0.2) is 54.7 Å². The van der Waals surface area contributed by atoms with Crippen LogP contribution in [0.25, 0.3) is 10.9 Å². The Balaban J connectivity index is 1.34. The lowest BCUT2D eigenvalue weighted by molar-refractivity contribution is -0.117. The van der Waals surface area contributed by atoms with Gasteiger partial charge in [0.15, 0.2) is 0 Å². The van der Waals surface area contributed by atoms with Gasteiger partial charge in [-0.2, -0.15) is 5.26 Å². The normalized spacial score (nSPS) is 15.5. The van der Waals surface area contributed by atoms with Gasteiger partial charge in [0.25, 0.3) is 0 Å². The second-order valence-electron chi connectivity index (χ2n) is 7.05. The first-order chi connectivity index (χ1) is 13.2. The smallest absolute Gasteiger partial charge is 0.238 e. The van der Waals surface area contributed by atoms with Gasteiger partial charge in [-0.3, -0.25) is 9.69 Å². The fraction of sp³-hybridized carbons (Fsp3) is 0.273. The van der Waals surface area contributed by atoms with Gasteiger partial charge >= 0.3 is 0 Å². The first-order valence-electron chi connectivity index (χ1n) is 9.32. The van der Waals surface area contributed by atoms with Crippen molar-refractivity contribution in [2.45, 2.75) is 18.8 Å². The summed E-state index contributed by atoms with van der Waals surface area (Å²) in [6, 6.07) is 17.6. The van der Waals surface area contributed by atoms with Gasteiger partial charge < -0.3 is 10.3 Å². The minimum atomic E-state index is -0.0664. The summed E-state index contributed by atoms with van der Waals surface area (Å²) in [6.07, 6.45) is 4.23. The van der Waals surface area contributed by atoms with Crippen molar-refractivity contribution in [1.29, 1.82) is 5.26 Å². The van der Waals surface area contributed by atoms with Crippen LogP contribution in [-0.4, -0.2) is 35.4 Å². The second kappa shape index (κ2) is 7.65. The number of anilines is 1. The number of para-hydroxylation sites is 2. The molecule has 2 N–H and O–H groups in total. The van der Waals surface area contributed by atoms with Crippen molar-refractivity contribution in [2.75, 3.05) is 25.0 Å². The van der Waals surface area contributed by atoms with Crippen molar-refractivity contribution in [2.24, 2.45) is 0 Å². The number of rotatable bonds is 4. The number of carbonyl (C=O) groups excluding carboxylic acids is 1. The highest BCUT2D eigenvalue weighted by atomic mass is 16.2. The number of benzene rings is 2. The zero-order valence-corrected chi connectivity index (χ0v) is 15.1. The topological polar surface area (TPSA) is 71.9 Å². The Hall–Kier alpha value is -3.10. The van der Waals surface area contributed by atoms with Crippen LogP contribution >= 0.6 is 0 Å². The molecule has 136 valence electrons. The molecule has 0 saturated carbocycles. The highest BCUT2D eigenvalue weighted by molar-refractivity contribution is 5.93. The molecule has 4 rings (SSSR count). The number of carbonyl (C=O) groups is 1. The molecule has 0 aliphatic carbocycles. The van der Waals surface area contributed by atoms with Crippen LogP contribution in [0.1, 0.15) is 29.9 Å². The monoisotopic (exact) mass is 358 g/mol. The molecule has 5 heteroatoms. The minimum absolute atomic E-state index is 0.0664. The molecule has 1 aliphatic heterocycles. The summed E-state index contributed by atoms with van der Waals surface area (Å²) in [5.41, 5.74) is 3.64. The summed E-state index contributed by atoms with van der Waals surface area (Å²) in [5, 5.41) is 13.3.